The molecule has 2 heteroatoms. The van der Waals surface area contributed by atoms with Crippen molar-refractivity contribution < 1.29 is 0 Å². The van der Waals surface area contributed by atoms with E-state index in [0.717, 1.165) is 33.8 Å². The summed E-state index contributed by atoms with van der Waals surface area (Å²) in [6.07, 6.45) is 0. The fourth-order valence-corrected chi connectivity index (χ4v) is 7.15. The van der Waals surface area contributed by atoms with Gasteiger partial charge in [0.25, 0.3) is 0 Å². The first-order chi connectivity index (χ1) is 24.7. The standard InChI is InChI=1S/C48H34N2/c1-33-13-11-20-39(27-33)45-31-41(36-18-9-4-10-19-36)32-46(49-45)40-21-12-22-42(28-40)50-47-25-23-37(34-14-5-2-6-15-34)29-43(47)44-30-38(24-26-48(44)50)35-16-7-3-8-17-35/h2-32H,1H3. The second kappa shape index (κ2) is 12.5. The summed E-state index contributed by atoms with van der Waals surface area (Å²) in [7, 11) is 0. The van der Waals surface area contributed by atoms with E-state index in [0.29, 0.717) is 0 Å². The maximum absolute atomic E-state index is 5.27. The van der Waals surface area contributed by atoms with Crippen LogP contribution in [0.3, 0.4) is 0 Å². The van der Waals surface area contributed by atoms with Crippen LogP contribution in [0.5, 0.6) is 0 Å². The lowest BCUT2D eigenvalue weighted by atomic mass is 9.99. The summed E-state index contributed by atoms with van der Waals surface area (Å²) in [5.74, 6) is 0. The minimum Gasteiger partial charge on any atom is -0.309 e. The third kappa shape index (κ3) is 5.47. The fraction of sp³-hybridized carbons (Fsp3) is 0.0208. The van der Waals surface area contributed by atoms with Gasteiger partial charge in [-0.3, -0.25) is 0 Å². The van der Waals surface area contributed by atoms with Crippen molar-refractivity contribution in [2.45, 2.75) is 6.92 Å². The smallest absolute Gasteiger partial charge is 0.0716 e. The van der Waals surface area contributed by atoms with Gasteiger partial charge in [0, 0.05) is 27.6 Å². The summed E-state index contributed by atoms with van der Waals surface area (Å²) < 4.78 is 2.40. The normalized spacial score (nSPS) is 11.3. The maximum atomic E-state index is 5.27. The van der Waals surface area contributed by atoms with E-state index in [2.05, 4.69) is 200 Å². The summed E-state index contributed by atoms with van der Waals surface area (Å²) in [4.78, 5) is 5.27. The summed E-state index contributed by atoms with van der Waals surface area (Å²) in [6, 6.07) is 67.5. The van der Waals surface area contributed by atoms with Crippen LogP contribution in [0.25, 0.3) is 83.4 Å². The van der Waals surface area contributed by atoms with Crippen molar-refractivity contribution in [1.82, 2.24) is 9.55 Å². The molecule has 2 heterocycles. The van der Waals surface area contributed by atoms with Gasteiger partial charge in [0.05, 0.1) is 22.4 Å². The number of fused-ring (bicyclic) bond motifs is 3. The molecule has 0 saturated heterocycles. The van der Waals surface area contributed by atoms with Crippen LogP contribution in [0, 0.1) is 6.92 Å². The first-order valence-corrected chi connectivity index (χ1v) is 17.1. The van der Waals surface area contributed by atoms with Crippen LogP contribution in [0.15, 0.2) is 188 Å². The molecule has 9 aromatic rings. The van der Waals surface area contributed by atoms with E-state index in [1.165, 1.54) is 55.2 Å². The molecule has 0 N–H and O–H groups in total. The van der Waals surface area contributed by atoms with Crippen molar-refractivity contribution in [3.63, 3.8) is 0 Å². The third-order valence-electron chi connectivity index (χ3n) is 9.63. The Morgan fingerprint density at radius 1 is 0.340 bits per heavy atom. The first kappa shape index (κ1) is 29.6. The van der Waals surface area contributed by atoms with Crippen LogP contribution in [0.1, 0.15) is 5.56 Å². The predicted molar refractivity (Wildman–Crippen MR) is 210 cm³/mol. The topological polar surface area (TPSA) is 17.8 Å². The molecule has 0 aliphatic heterocycles. The van der Waals surface area contributed by atoms with Crippen LogP contribution >= 0.6 is 0 Å². The Bertz CT molecular complexity index is 2540. The molecule has 0 fully saturated rings. The van der Waals surface area contributed by atoms with E-state index in [9.17, 15) is 0 Å². The number of hydrogen-bond acceptors (Lipinski definition) is 1. The predicted octanol–water partition coefficient (Wildman–Crippen LogP) is 12.8. The molecule has 7 aromatic carbocycles. The lowest BCUT2D eigenvalue weighted by Gasteiger charge is -2.13. The molecular weight excluding hydrogens is 605 g/mol. The highest BCUT2D eigenvalue weighted by Gasteiger charge is 2.16. The van der Waals surface area contributed by atoms with E-state index in [1.54, 1.807) is 0 Å². The van der Waals surface area contributed by atoms with Crippen molar-refractivity contribution in [3.8, 4) is 61.6 Å². The molecule has 0 unspecified atom stereocenters. The number of nitrogens with zero attached hydrogens (tertiary/aromatic N) is 2. The fourth-order valence-electron chi connectivity index (χ4n) is 7.15. The van der Waals surface area contributed by atoms with Crippen molar-refractivity contribution >= 4 is 21.8 Å². The molecule has 9 rings (SSSR count). The minimum atomic E-state index is 0.947. The zero-order chi connectivity index (χ0) is 33.4. The minimum absolute atomic E-state index is 0.947. The van der Waals surface area contributed by atoms with Gasteiger partial charge in [0.15, 0.2) is 0 Å². The highest BCUT2D eigenvalue weighted by molar-refractivity contribution is 6.11. The van der Waals surface area contributed by atoms with Crippen molar-refractivity contribution in [2.24, 2.45) is 0 Å². The summed E-state index contributed by atoms with van der Waals surface area (Å²) in [5.41, 5.74) is 15.9. The van der Waals surface area contributed by atoms with Crippen LogP contribution in [0.2, 0.25) is 0 Å². The van der Waals surface area contributed by atoms with E-state index in [-0.39, 0.29) is 0 Å². The van der Waals surface area contributed by atoms with E-state index in [4.69, 9.17) is 4.98 Å². The van der Waals surface area contributed by atoms with Gasteiger partial charge in [-0.05, 0) is 94.9 Å². The third-order valence-corrected chi connectivity index (χ3v) is 9.63. The van der Waals surface area contributed by atoms with Crippen molar-refractivity contribution in [1.29, 1.82) is 0 Å². The molecule has 2 nitrogen and oxygen atoms in total. The van der Waals surface area contributed by atoms with Crippen LogP contribution in [-0.2, 0) is 0 Å². The number of rotatable bonds is 6. The van der Waals surface area contributed by atoms with Gasteiger partial charge in [-0.1, -0.05) is 139 Å². The van der Waals surface area contributed by atoms with Gasteiger partial charge >= 0.3 is 0 Å². The Kier molecular flexibility index (Phi) is 7.40. The molecule has 0 radical (unpaired) electrons. The van der Waals surface area contributed by atoms with Crippen molar-refractivity contribution in [3.05, 3.63) is 194 Å². The zero-order valence-electron chi connectivity index (χ0n) is 27.8. The molecule has 0 saturated carbocycles. The van der Waals surface area contributed by atoms with Gasteiger partial charge in [0.2, 0.25) is 0 Å². The van der Waals surface area contributed by atoms with E-state index < -0.39 is 0 Å². The SMILES string of the molecule is Cc1cccc(-c2cc(-c3ccccc3)cc(-c3cccc(-n4c5ccc(-c6ccccc6)cc5c5cc(-c6ccccc6)ccc54)c3)n2)c1. The summed E-state index contributed by atoms with van der Waals surface area (Å²) in [6.45, 7) is 2.13. The molecule has 0 atom stereocenters. The van der Waals surface area contributed by atoms with Gasteiger partial charge in [0.1, 0.15) is 0 Å². The summed E-state index contributed by atoms with van der Waals surface area (Å²) >= 11 is 0. The molecule has 236 valence electrons. The number of aryl methyl sites for hydroxylation is 1. The quantitative estimate of drug-likeness (QED) is 0.177. The van der Waals surface area contributed by atoms with E-state index in [1.807, 2.05) is 0 Å². The largest absolute Gasteiger partial charge is 0.309 e. The maximum Gasteiger partial charge on any atom is 0.0716 e. The number of benzene rings is 7. The molecule has 50 heavy (non-hydrogen) atoms. The average molecular weight is 639 g/mol. The van der Waals surface area contributed by atoms with Crippen LogP contribution in [0.4, 0.5) is 0 Å². The Morgan fingerprint density at radius 2 is 0.800 bits per heavy atom. The molecule has 0 amide bonds. The average Bonchev–Trinajstić information content (AvgIpc) is 3.52. The molecule has 0 aliphatic rings. The number of pyridine rings is 1. The van der Waals surface area contributed by atoms with Gasteiger partial charge < -0.3 is 4.57 Å². The Morgan fingerprint density at radius 3 is 1.32 bits per heavy atom. The highest BCUT2D eigenvalue weighted by atomic mass is 15.0. The molecule has 2 aromatic heterocycles. The number of hydrogen-bond donors (Lipinski definition) is 0. The van der Waals surface area contributed by atoms with Gasteiger partial charge in [-0.15, -0.1) is 0 Å². The Balaban J connectivity index is 1.24. The van der Waals surface area contributed by atoms with Crippen LogP contribution < -0.4 is 0 Å². The Labute approximate surface area is 292 Å². The zero-order valence-corrected chi connectivity index (χ0v) is 27.8. The molecule has 0 bridgehead atoms. The molecule has 0 spiro atoms. The lowest BCUT2D eigenvalue weighted by molar-refractivity contribution is 1.18. The van der Waals surface area contributed by atoms with Gasteiger partial charge in [-0.2, -0.15) is 0 Å². The lowest BCUT2D eigenvalue weighted by Crippen LogP contribution is -1.96. The first-order valence-electron chi connectivity index (χ1n) is 17.1. The summed E-state index contributed by atoms with van der Waals surface area (Å²) in [5, 5.41) is 2.46. The van der Waals surface area contributed by atoms with Gasteiger partial charge in [-0.25, -0.2) is 4.98 Å². The Hall–Kier alpha value is -6.51. The monoisotopic (exact) mass is 638 g/mol. The second-order valence-corrected chi connectivity index (χ2v) is 12.9. The highest BCUT2D eigenvalue weighted by Crippen LogP contribution is 2.38. The van der Waals surface area contributed by atoms with Crippen LogP contribution in [-0.4, -0.2) is 9.55 Å². The molecular formula is C48H34N2. The van der Waals surface area contributed by atoms with Crippen molar-refractivity contribution in [2.75, 3.05) is 0 Å². The van der Waals surface area contributed by atoms with E-state index >= 15 is 0 Å². The molecule has 0 aliphatic carbocycles. The second-order valence-electron chi connectivity index (χ2n) is 12.9. The number of aromatic nitrogens is 2.